The number of nitrogens with two attached hydrogens (primary N) is 1. The first kappa shape index (κ1) is 18.5. The number of sulfonamides is 1. The number of amides is 1. The summed E-state index contributed by atoms with van der Waals surface area (Å²) in [5.74, 6) is -0.0927. The van der Waals surface area contributed by atoms with Gasteiger partial charge in [0.1, 0.15) is 4.90 Å². The van der Waals surface area contributed by atoms with Crippen LogP contribution in [0.4, 0.5) is 0 Å². The second-order valence-corrected chi connectivity index (χ2v) is 7.93. The molecule has 0 unspecified atom stereocenters. The molecule has 1 aliphatic heterocycles. The molecule has 3 N–H and O–H groups in total. The normalized spacial score (nSPS) is 16.6. The molecule has 128 valence electrons. The first-order valence-electron chi connectivity index (χ1n) is 7.28. The van der Waals surface area contributed by atoms with E-state index in [1.165, 1.54) is 12.1 Å². The number of carbonyl (C=O) groups excluding carboxylic acids is 1. The lowest BCUT2D eigenvalue weighted by Gasteiger charge is -2.30. The monoisotopic (exact) mass is 379 g/mol. The lowest BCUT2D eigenvalue weighted by Crippen LogP contribution is -2.43. The highest BCUT2D eigenvalue weighted by molar-refractivity contribution is 7.89. The molecule has 0 atom stereocenters. The molecular formula is C14H19Cl2N3O3S. The molecule has 1 heterocycles. The second-order valence-electron chi connectivity index (χ2n) is 5.42. The van der Waals surface area contributed by atoms with E-state index in [0.717, 1.165) is 12.8 Å². The largest absolute Gasteiger partial charge is 0.343 e. The van der Waals surface area contributed by atoms with Crippen LogP contribution in [0.3, 0.4) is 0 Å². The lowest BCUT2D eigenvalue weighted by molar-refractivity contribution is -0.132. The van der Waals surface area contributed by atoms with E-state index in [4.69, 9.17) is 28.9 Å². The smallest absolute Gasteiger partial charge is 0.243 e. The fourth-order valence-electron chi connectivity index (χ4n) is 2.41. The number of piperidine rings is 1. The van der Waals surface area contributed by atoms with Crippen molar-refractivity contribution >= 4 is 39.1 Å². The number of carbonyl (C=O) groups is 1. The lowest BCUT2D eigenvalue weighted by atomic mass is 10.1. The number of halogens is 2. The van der Waals surface area contributed by atoms with Crippen LogP contribution in [-0.2, 0) is 14.8 Å². The van der Waals surface area contributed by atoms with Crippen molar-refractivity contribution in [3.05, 3.63) is 28.2 Å². The maximum absolute atomic E-state index is 12.3. The summed E-state index contributed by atoms with van der Waals surface area (Å²) in [6, 6.07) is 4.60. The molecule has 23 heavy (non-hydrogen) atoms. The van der Waals surface area contributed by atoms with Gasteiger partial charge in [0, 0.05) is 32.1 Å². The third-order valence-corrected chi connectivity index (χ3v) is 6.13. The Kier molecular flexibility index (Phi) is 6.27. The Morgan fingerprint density at radius 2 is 1.83 bits per heavy atom. The van der Waals surface area contributed by atoms with Crippen LogP contribution in [-0.4, -0.2) is 44.9 Å². The van der Waals surface area contributed by atoms with E-state index in [1.807, 2.05) is 0 Å². The van der Waals surface area contributed by atoms with Crippen molar-refractivity contribution in [2.45, 2.75) is 30.2 Å². The number of nitrogens with zero attached hydrogens (tertiary/aromatic N) is 1. The predicted octanol–water partition coefficient (Wildman–Crippen LogP) is 1.61. The van der Waals surface area contributed by atoms with Crippen LogP contribution < -0.4 is 10.5 Å². The molecule has 1 fully saturated rings. The number of rotatable bonds is 5. The minimum atomic E-state index is -3.86. The summed E-state index contributed by atoms with van der Waals surface area (Å²) in [7, 11) is -3.86. The highest BCUT2D eigenvalue weighted by Gasteiger charge is 2.23. The molecule has 1 aromatic rings. The van der Waals surface area contributed by atoms with Crippen LogP contribution in [0.2, 0.25) is 10.0 Å². The Hall–Kier alpha value is -0.860. The molecule has 1 aliphatic rings. The van der Waals surface area contributed by atoms with Gasteiger partial charge in [-0.2, -0.15) is 0 Å². The Balaban J connectivity index is 1.91. The average molecular weight is 380 g/mol. The molecule has 0 bridgehead atoms. The first-order valence-corrected chi connectivity index (χ1v) is 9.52. The summed E-state index contributed by atoms with van der Waals surface area (Å²) in [5, 5.41) is 0.0858. The molecule has 0 aliphatic carbocycles. The molecule has 1 saturated heterocycles. The molecule has 1 aromatic carbocycles. The van der Waals surface area contributed by atoms with Crippen LogP contribution in [0.15, 0.2) is 23.1 Å². The third-order valence-electron chi connectivity index (χ3n) is 3.71. The maximum Gasteiger partial charge on any atom is 0.243 e. The summed E-state index contributed by atoms with van der Waals surface area (Å²) >= 11 is 11.8. The summed E-state index contributed by atoms with van der Waals surface area (Å²) in [5.41, 5.74) is 5.79. The SMILES string of the molecule is NC1CCN(C(=O)CCNS(=O)(=O)c2c(Cl)cccc2Cl)CC1. The van der Waals surface area contributed by atoms with Crippen molar-refractivity contribution in [2.75, 3.05) is 19.6 Å². The topological polar surface area (TPSA) is 92.5 Å². The van der Waals surface area contributed by atoms with E-state index in [1.54, 1.807) is 11.0 Å². The number of likely N-dealkylation sites (tertiary alicyclic amines) is 1. The molecule has 9 heteroatoms. The number of hydrogen-bond acceptors (Lipinski definition) is 4. The minimum Gasteiger partial charge on any atom is -0.343 e. The maximum atomic E-state index is 12.3. The predicted molar refractivity (Wildman–Crippen MR) is 90.1 cm³/mol. The van der Waals surface area contributed by atoms with Crippen LogP contribution in [0.1, 0.15) is 19.3 Å². The van der Waals surface area contributed by atoms with Gasteiger partial charge in [-0.3, -0.25) is 4.79 Å². The van der Waals surface area contributed by atoms with E-state index < -0.39 is 10.0 Å². The van der Waals surface area contributed by atoms with Gasteiger partial charge in [0.2, 0.25) is 15.9 Å². The molecule has 0 saturated carbocycles. The summed E-state index contributed by atoms with van der Waals surface area (Å²) in [4.78, 5) is 13.6. The van der Waals surface area contributed by atoms with Gasteiger partial charge in [-0.05, 0) is 25.0 Å². The van der Waals surface area contributed by atoms with Crippen LogP contribution >= 0.6 is 23.2 Å². The van der Waals surface area contributed by atoms with Crippen molar-refractivity contribution in [1.82, 2.24) is 9.62 Å². The van der Waals surface area contributed by atoms with Crippen molar-refractivity contribution in [3.8, 4) is 0 Å². The van der Waals surface area contributed by atoms with Gasteiger partial charge in [-0.25, -0.2) is 13.1 Å². The van der Waals surface area contributed by atoms with Crippen molar-refractivity contribution in [2.24, 2.45) is 5.73 Å². The molecule has 6 nitrogen and oxygen atoms in total. The number of hydrogen-bond donors (Lipinski definition) is 2. The zero-order valence-corrected chi connectivity index (χ0v) is 14.8. The van der Waals surface area contributed by atoms with Gasteiger partial charge < -0.3 is 10.6 Å². The fourth-order valence-corrected chi connectivity index (χ4v) is 4.58. The van der Waals surface area contributed by atoms with Gasteiger partial charge in [0.15, 0.2) is 0 Å². The number of nitrogens with one attached hydrogen (secondary N) is 1. The molecule has 1 amide bonds. The molecule has 0 aromatic heterocycles. The Morgan fingerprint density at radius 1 is 1.26 bits per heavy atom. The van der Waals surface area contributed by atoms with E-state index in [9.17, 15) is 13.2 Å². The van der Waals surface area contributed by atoms with Crippen molar-refractivity contribution in [3.63, 3.8) is 0 Å². The number of benzene rings is 1. The van der Waals surface area contributed by atoms with E-state index >= 15 is 0 Å². The van der Waals surface area contributed by atoms with Gasteiger partial charge in [-0.15, -0.1) is 0 Å². The van der Waals surface area contributed by atoms with Crippen LogP contribution in [0.5, 0.6) is 0 Å². The minimum absolute atomic E-state index is 0.00866. The Labute approximate surface area is 146 Å². The highest BCUT2D eigenvalue weighted by atomic mass is 35.5. The first-order chi connectivity index (χ1) is 10.8. The van der Waals surface area contributed by atoms with Gasteiger partial charge >= 0.3 is 0 Å². The Morgan fingerprint density at radius 3 is 2.39 bits per heavy atom. The Bertz CT molecular complexity index is 654. The van der Waals surface area contributed by atoms with Crippen LogP contribution in [0, 0.1) is 0 Å². The van der Waals surface area contributed by atoms with Gasteiger partial charge in [0.25, 0.3) is 0 Å². The highest BCUT2D eigenvalue weighted by Crippen LogP contribution is 2.28. The van der Waals surface area contributed by atoms with Crippen molar-refractivity contribution in [1.29, 1.82) is 0 Å². The standard InChI is InChI=1S/C14H19Cl2N3O3S/c15-11-2-1-3-12(16)14(11)23(21,22)18-7-4-13(20)19-8-5-10(17)6-9-19/h1-3,10,18H,4-9,17H2. The van der Waals surface area contributed by atoms with Gasteiger partial charge in [0.05, 0.1) is 10.0 Å². The third kappa shape index (κ3) is 4.81. The van der Waals surface area contributed by atoms with E-state index in [-0.39, 0.29) is 39.9 Å². The quantitative estimate of drug-likeness (QED) is 0.812. The van der Waals surface area contributed by atoms with Crippen molar-refractivity contribution < 1.29 is 13.2 Å². The molecule has 2 rings (SSSR count). The van der Waals surface area contributed by atoms with Gasteiger partial charge in [-0.1, -0.05) is 29.3 Å². The zero-order chi connectivity index (χ0) is 17.0. The molecular weight excluding hydrogens is 361 g/mol. The summed E-state index contributed by atoms with van der Waals surface area (Å²) in [6.07, 6.45) is 1.62. The average Bonchev–Trinajstić information content (AvgIpc) is 2.47. The zero-order valence-electron chi connectivity index (χ0n) is 12.5. The van der Waals surface area contributed by atoms with E-state index in [0.29, 0.717) is 13.1 Å². The van der Waals surface area contributed by atoms with E-state index in [2.05, 4.69) is 4.72 Å². The van der Waals surface area contributed by atoms with Crippen LogP contribution in [0.25, 0.3) is 0 Å². The molecule has 0 radical (unpaired) electrons. The summed E-state index contributed by atoms with van der Waals surface area (Å²) < 4.78 is 26.9. The molecule has 0 spiro atoms. The second kappa shape index (κ2) is 7.81. The fraction of sp³-hybridized carbons (Fsp3) is 0.500. The summed E-state index contributed by atoms with van der Waals surface area (Å²) in [6.45, 7) is 1.22.